The number of halogens is 4. The van der Waals surface area contributed by atoms with Gasteiger partial charge in [-0.1, -0.05) is 0 Å². The molecule has 0 saturated heterocycles. The molecule has 0 aromatic heterocycles. The van der Waals surface area contributed by atoms with Crippen molar-refractivity contribution in [3.05, 3.63) is 0 Å². The minimum Gasteiger partial charge on any atom is -0.368 e. The molecule has 4 aliphatic carbocycles. The molecule has 18 heavy (non-hydrogen) atoms. The van der Waals surface area contributed by atoms with Gasteiger partial charge >= 0.3 is 12.3 Å². The standard InChI is InChI=1S/C13H18F4O/c14-11(15)13(16,17)7-18-12-4-8-1-9(5-12)3-10(2-8)6-12/h8-11H,1-7H2. The Morgan fingerprint density at radius 1 is 1.00 bits per heavy atom. The molecule has 104 valence electrons. The van der Waals surface area contributed by atoms with Gasteiger partial charge in [0.2, 0.25) is 0 Å². The van der Waals surface area contributed by atoms with Crippen LogP contribution in [0.5, 0.6) is 0 Å². The SMILES string of the molecule is FC(F)C(F)(F)COC12CC3CC(CC(C3)C1)C2. The Balaban J connectivity index is 1.66. The molecule has 4 rings (SSSR count). The van der Waals surface area contributed by atoms with Gasteiger partial charge in [0.15, 0.2) is 0 Å². The Kier molecular flexibility index (Phi) is 2.88. The van der Waals surface area contributed by atoms with Crippen LogP contribution in [0.4, 0.5) is 17.6 Å². The second-order valence-corrected chi connectivity index (χ2v) is 6.45. The minimum absolute atomic E-state index is 0.521. The van der Waals surface area contributed by atoms with E-state index in [2.05, 4.69) is 0 Å². The Labute approximate surface area is 104 Å². The van der Waals surface area contributed by atoms with E-state index in [-0.39, 0.29) is 0 Å². The van der Waals surface area contributed by atoms with Gasteiger partial charge in [-0.15, -0.1) is 0 Å². The summed E-state index contributed by atoms with van der Waals surface area (Å²) < 4.78 is 55.5. The lowest BCUT2D eigenvalue weighted by molar-refractivity contribution is -0.228. The Morgan fingerprint density at radius 2 is 1.44 bits per heavy atom. The molecule has 0 aromatic carbocycles. The van der Waals surface area contributed by atoms with Gasteiger partial charge in [0.1, 0.15) is 6.61 Å². The van der Waals surface area contributed by atoms with E-state index in [1.54, 1.807) is 0 Å². The van der Waals surface area contributed by atoms with E-state index < -0.39 is 24.6 Å². The molecule has 0 spiro atoms. The molecule has 4 fully saturated rings. The predicted molar refractivity (Wildman–Crippen MR) is 57.8 cm³/mol. The molecular weight excluding hydrogens is 248 g/mol. The summed E-state index contributed by atoms with van der Waals surface area (Å²) in [5, 5.41) is 0. The highest BCUT2D eigenvalue weighted by Gasteiger charge is 2.53. The van der Waals surface area contributed by atoms with E-state index in [1.165, 1.54) is 19.3 Å². The second kappa shape index (κ2) is 4.09. The van der Waals surface area contributed by atoms with Gasteiger partial charge in [0.05, 0.1) is 5.60 Å². The first-order chi connectivity index (χ1) is 8.39. The summed E-state index contributed by atoms with van der Waals surface area (Å²) in [5.74, 6) is -2.31. The van der Waals surface area contributed by atoms with E-state index in [9.17, 15) is 17.6 Å². The maximum Gasteiger partial charge on any atom is 0.330 e. The topological polar surface area (TPSA) is 9.23 Å². The molecule has 1 nitrogen and oxygen atoms in total. The molecule has 4 bridgehead atoms. The Morgan fingerprint density at radius 3 is 1.83 bits per heavy atom. The van der Waals surface area contributed by atoms with Gasteiger partial charge in [0, 0.05) is 0 Å². The second-order valence-electron chi connectivity index (χ2n) is 6.45. The van der Waals surface area contributed by atoms with E-state index in [0.717, 1.165) is 19.3 Å². The third kappa shape index (κ3) is 2.15. The van der Waals surface area contributed by atoms with Crippen molar-refractivity contribution in [1.29, 1.82) is 0 Å². The third-order valence-electron chi connectivity index (χ3n) is 4.87. The molecule has 0 aliphatic heterocycles. The molecular formula is C13H18F4O. The fraction of sp³-hybridized carbons (Fsp3) is 1.00. The van der Waals surface area contributed by atoms with Crippen LogP contribution in [0.2, 0.25) is 0 Å². The zero-order valence-electron chi connectivity index (χ0n) is 10.2. The molecule has 0 heterocycles. The number of alkyl halides is 4. The first-order valence-electron chi connectivity index (χ1n) is 6.68. The largest absolute Gasteiger partial charge is 0.368 e. The highest BCUT2D eigenvalue weighted by atomic mass is 19.3. The number of hydrogen-bond acceptors (Lipinski definition) is 1. The van der Waals surface area contributed by atoms with Crippen molar-refractivity contribution in [2.45, 2.75) is 56.5 Å². The smallest absolute Gasteiger partial charge is 0.330 e. The van der Waals surface area contributed by atoms with Crippen LogP contribution in [0.15, 0.2) is 0 Å². The van der Waals surface area contributed by atoms with Crippen molar-refractivity contribution in [2.75, 3.05) is 6.61 Å². The Hall–Kier alpha value is -0.320. The van der Waals surface area contributed by atoms with Crippen molar-refractivity contribution in [1.82, 2.24) is 0 Å². The quantitative estimate of drug-likeness (QED) is 0.702. The predicted octanol–water partition coefficient (Wildman–Crippen LogP) is 3.87. The molecule has 0 N–H and O–H groups in total. The average molecular weight is 266 g/mol. The van der Waals surface area contributed by atoms with Crippen molar-refractivity contribution < 1.29 is 22.3 Å². The van der Waals surface area contributed by atoms with Crippen molar-refractivity contribution in [3.8, 4) is 0 Å². The van der Waals surface area contributed by atoms with Gasteiger partial charge in [-0.05, 0) is 56.3 Å². The number of ether oxygens (including phenoxy) is 1. The summed E-state index contributed by atoms with van der Waals surface area (Å²) in [6, 6.07) is 0. The van der Waals surface area contributed by atoms with E-state index in [4.69, 9.17) is 4.74 Å². The summed E-state index contributed by atoms with van der Waals surface area (Å²) in [6.45, 7) is -1.13. The summed E-state index contributed by atoms with van der Waals surface area (Å²) in [5.41, 5.74) is -0.521. The summed E-state index contributed by atoms with van der Waals surface area (Å²) in [6.07, 6.45) is 2.26. The van der Waals surface area contributed by atoms with Crippen LogP contribution in [-0.4, -0.2) is 24.6 Å². The summed E-state index contributed by atoms with van der Waals surface area (Å²) in [7, 11) is 0. The van der Waals surface area contributed by atoms with Crippen LogP contribution in [0, 0.1) is 17.8 Å². The zero-order chi connectivity index (χ0) is 13.0. The molecule has 4 saturated carbocycles. The molecule has 4 aliphatic rings. The zero-order valence-corrected chi connectivity index (χ0v) is 10.2. The van der Waals surface area contributed by atoms with Crippen LogP contribution >= 0.6 is 0 Å². The van der Waals surface area contributed by atoms with Gasteiger partial charge in [-0.3, -0.25) is 0 Å². The molecule has 0 atom stereocenters. The third-order valence-corrected chi connectivity index (χ3v) is 4.87. The normalized spacial score (nSPS) is 42.8. The maximum atomic E-state index is 13.0. The van der Waals surface area contributed by atoms with Crippen LogP contribution in [0.3, 0.4) is 0 Å². The number of hydrogen-bond donors (Lipinski definition) is 0. The van der Waals surface area contributed by atoms with Crippen LogP contribution < -0.4 is 0 Å². The average Bonchev–Trinajstić information content (AvgIpc) is 2.24. The van der Waals surface area contributed by atoms with Gasteiger partial charge in [-0.25, -0.2) is 8.78 Å². The van der Waals surface area contributed by atoms with Gasteiger partial charge < -0.3 is 4.74 Å². The van der Waals surface area contributed by atoms with E-state index in [0.29, 0.717) is 17.8 Å². The molecule has 0 radical (unpaired) electrons. The lowest BCUT2D eigenvalue weighted by atomic mass is 9.54. The lowest BCUT2D eigenvalue weighted by Gasteiger charge is -2.56. The first-order valence-corrected chi connectivity index (χ1v) is 6.68. The fourth-order valence-corrected chi connectivity index (χ4v) is 4.52. The van der Waals surface area contributed by atoms with Gasteiger partial charge in [0.25, 0.3) is 0 Å². The van der Waals surface area contributed by atoms with Gasteiger partial charge in [-0.2, -0.15) is 8.78 Å². The molecule has 5 heteroatoms. The minimum atomic E-state index is -4.01. The monoisotopic (exact) mass is 266 g/mol. The highest BCUT2D eigenvalue weighted by molar-refractivity contribution is 5.03. The summed E-state index contributed by atoms with van der Waals surface area (Å²) >= 11 is 0. The van der Waals surface area contributed by atoms with E-state index in [1.807, 2.05) is 0 Å². The van der Waals surface area contributed by atoms with Crippen molar-refractivity contribution in [3.63, 3.8) is 0 Å². The van der Waals surface area contributed by atoms with E-state index >= 15 is 0 Å². The molecule has 0 unspecified atom stereocenters. The Bertz CT molecular complexity index is 294. The fourth-order valence-electron chi connectivity index (χ4n) is 4.52. The molecule has 0 aromatic rings. The number of rotatable bonds is 4. The lowest BCUT2D eigenvalue weighted by Crippen LogP contribution is -2.53. The van der Waals surface area contributed by atoms with Crippen molar-refractivity contribution >= 4 is 0 Å². The van der Waals surface area contributed by atoms with Crippen LogP contribution in [-0.2, 0) is 4.74 Å². The maximum absolute atomic E-state index is 13.0. The van der Waals surface area contributed by atoms with Crippen LogP contribution in [0.25, 0.3) is 0 Å². The first kappa shape index (κ1) is 12.7. The van der Waals surface area contributed by atoms with Crippen molar-refractivity contribution in [2.24, 2.45) is 17.8 Å². The highest BCUT2D eigenvalue weighted by Crippen LogP contribution is 2.57. The summed E-state index contributed by atoms with van der Waals surface area (Å²) in [4.78, 5) is 0. The molecule has 0 amide bonds. The van der Waals surface area contributed by atoms with Crippen LogP contribution in [0.1, 0.15) is 38.5 Å².